The molecule has 0 aliphatic heterocycles. The number of hydrogen-bond donors (Lipinski definition) is 3. The van der Waals surface area contributed by atoms with Crippen LogP contribution in [0.3, 0.4) is 0 Å². The Morgan fingerprint density at radius 2 is 2.29 bits per heavy atom. The number of aliphatic imine (C=N–C) groups is 1. The van der Waals surface area contributed by atoms with E-state index >= 15 is 0 Å². The van der Waals surface area contributed by atoms with Crippen LogP contribution in [0.25, 0.3) is 0 Å². The van der Waals surface area contributed by atoms with Gasteiger partial charge in [0, 0.05) is 35.4 Å². The molecule has 0 aliphatic rings. The van der Waals surface area contributed by atoms with Crippen molar-refractivity contribution >= 4 is 16.8 Å². The van der Waals surface area contributed by atoms with Gasteiger partial charge in [0.15, 0.2) is 0 Å². The van der Waals surface area contributed by atoms with E-state index in [2.05, 4.69) is 15.7 Å². The van der Waals surface area contributed by atoms with Crippen LogP contribution in [0.2, 0.25) is 0 Å². The number of hydrazine groups is 1. The van der Waals surface area contributed by atoms with Gasteiger partial charge in [0.25, 0.3) is 0 Å². The summed E-state index contributed by atoms with van der Waals surface area (Å²) in [5.74, 6) is 6.54. The fraction of sp³-hybridized carbons (Fsp3) is 0.875. The molecule has 0 bridgehead atoms. The average Bonchev–Trinajstić information content (AvgIpc) is 2.14. The lowest BCUT2D eigenvalue weighted by Crippen LogP contribution is -2.45. The number of nitrogens with one attached hydrogen (secondary N) is 2. The largest absolute Gasteiger partial charge is 0.353 e. The Morgan fingerprint density at radius 3 is 2.71 bits per heavy atom. The average molecular weight is 220 g/mol. The van der Waals surface area contributed by atoms with Crippen molar-refractivity contribution in [2.75, 3.05) is 18.6 Å². The van der Waals surface area contributed by atoms with E-state index in [0.29, 0.717) is 18.3 Å². The zero-order valence-corrected chi connectivity index (χ0v) is 9.86. The zero-order valence-electron chi connectivity index (χ0n) is 9.04. The van der Waals surface area contributed by atoms with Gasteiger partial charge in [-0.1, -0.05) is 0 Å². The van der Waals surface area contributed by atoms with E-state index in [1.54, 1.807) is 6.26 Å². The molecule has 0 heterocycles. The fourth-order valence-corrected chi connectivity index (χ4v) is 1.62. The number of nitrogens with zero attached hydrogens (tertiary/aromatic N) is 1. The lowest BCUT2D eigenvalue weighted by Gasteiger charge is -2.15. The Kier molecular flexibility index (Phi) is 7.41. The van der Waals surface area contributed by atoms with Gasteiger partial charge < -0.3 is 5.32 Å². The summed E-state index contributed by atoms with van der Waals surface area (Å²) in [5, 5.41) is 3.10. The zero-order chi connectivity index (χ0) is 11.0. The third-order valence-corrected chi connectivity index (χ3v) is 2.49. The number of nitrogens with two attached hydrogens (primary N) is 1. The Balaban J connectivity index is 3.84. The van der Waals surface area contributed by atoms with Crippen molar-refractivity contribution in [3.63, 3.8) is 0 Å². The van der Waals surface area contributed by atoms with Crippen LogP contribution >= 0.6 is 0 Å². The monoisotopic (exact) mass is 220 g/mol. The molecule has 6 heteroatoms. The molecule has 0 fully saturated rings. The van der Waals surface area contributed by atoms with E-state index in [4.69, 9.17) is 5.84 Å². The van der Waals surface area contributed by atoms with E-state index in [-0.39, 0.29) is 6.04 Å². The molecule has 0 spiro atoms. The fourth-order valence-electron chi connectivity index (χ4n) is 0.939. The third-order valence-electron chi connectivity index (χ3n) is 1.67. The SMILES string of the molecule is CCN=C(NN)NC(C)CCS(C)=O. The summed E-state index contributed by atoms with van der Waals surface area (Å²) in [6, 6.07) is 0.222. The summed E-state index contributed by atoms with van der Waals surface area (Å²) < 4.78 is 10.8. The molecule has 0 saturated heterocycles. The van der Waals surface area contributed by atoms with Gasteiger partial charge in [-0.3, -0.25) is 14.6 Å². The van der Waals surface area contributed by atoms with Crippen LogP contribution < -0.4 is 16.6 Å². The molecule has 0 aromatic heterocycles. The quantitative estimate of drug-likeness (QED) is 0.254. The van der Waals surface area contributed by atoms with Crippen LogP contribution in [0.4, 0.5) is 0 Å². The molecule has 14 heavy (non-hydrogen) atoms. The molecule has 0 aliphatic carbocycles. The van der Waals surface area contributed by atoms with E-state index in [1.165, 1.54) is 0 Å². The second kappa shape index (κ2) is 7.75. The predicted molar refractivity (Wildman–Crippen MR) is 61.4 cm³/mol. The van der Waals surface area contributed by atoms with Gasteiger partial charge >= 0.3 is 0 Å². The van der Waals surface area contributed by atoms with Crippen molar-refractivity contribution < 1.29 is 4.21 Å². The second-order valence-electron chi connectivity index (χ2n) is 3.08. The molecule has 2 unspecified atom stereocenters. The summed E-state index contributed by atoms with van der Waals surface area (Å²) in [6.45, 7) is 4.62. The molecule has 4 N–H and O–H groups in total. The van der Waals surface area contributed by atoms with Gasteiger partial charge in [0.2, 0.25) is 5.96 Å². The maximum Gasteiger partial charge on any atom is 0.205 e. The molecule has 2 atom stereocenters. The third kappa shape index (κ3) is 6.85. The topological polar surface area (TPSA) is 79.5 Å². The second-order valence-corrected chi connectivity index (χ2v) is 4.63. The molecular weight excluding hydrogens is 200 g/mol. The van der Waals surface area contributed by atoms with Crippen LogP contribution in [-0.4, -0.2) is 34.8 Å². The number of rotatable bonds is 5. The van der Waals surface area contributed by atoms with Crippen molar-refractivity contribution in [2.45, 2.75) is 26.3 Å². The van der Waals surface area contributed by atoms with Gasteiger partial charge in [-0.05, 0) is 20.3 Å². The van der Waals surface area contributed by atoms with Crippen LogP contribution in [0.5, 0.6) is 0 Å². The van der Waals surface area contributed by atoms with Crippen molar-refractivity contribution in [3.8, 4) is 0 Å². The van der Waals surface area contributed by atoms with Gasteiger partial charge in [-0.2, -0.15) is 0 Å². The number of guanidine groups is 1. The highest BCUT2D eigenvalue weighted by molar-refractivity contribution is 7.84. The lowest BCUT2D eigenvalue weighted by atomic mass is 10.3. The summed E-state index contributed by atoms with van der Waals surface area (Å²) >= 11 is 0. The highest BCUT2D eigenvalue weighted by Crippen LogP contribution is 1.92. The lowest BCUT2D eigenvalue weighted by molar-refractivity contribution is 0.621. The molecule has 0 aromatic rings. The van der Waals surface area contributed by atoms with Crippen molar-refractivity contribution in [3.05, 3.63) is 0 Å². The first-order valence-corrected chi connectivity index (χ1v) is 6.40. The maximum absolute atomic E-state index is 10.8. The first kappa shape index (κ1) is 13.4. The van der Waals surface area contributed by atoms with Crippen molar-refractivity contribution in [1.82, 2.24) is 10.7 Å². The van der Waals surface area contributed by atoms with Gasteiger partial charge in [-0.15, -0.1) is 0 Å². The van der Waals surface area contributed by atoms with Crippen LogP contribution in [0.1, 0.15) is 20.3 Å². The van der Waals surface area contributed by atoms with Crippen molar-refractivity contribution in [1.29, 1.82) is 0 Å². The van der Waals surface area contributed by atoms with E-state index in [1.807, 2.05) is 13.8 Å². The molecule has 5 nitrogen and oxygen atoms in total. The van der Waals surface area contributed by atoms with Gasteiger partial charge in [-0.25, -0.2) is 5.84 Å². The van der Waals surface area contributed by atoms with Crippen LogP contribution in [-0.2, 0) is 10.8 Å². The highest BCUT2D eigenvalue weighted by atomic mass is 32.2. The molecule has 84 valence electrons. The van der Waals surface area contributed by atoms with E-state index in [9.17, 15) is 4.21 Å². The minimum absolute atomic E-state index is 0.222. The normalized spacial score (nSPS) is 16.1. The summed E-state index contributed by atoms with van der Waals surface area (Å²) in [7, 11) is -0.738. The maximum atomic E-state index is 10.8. The Morgan fingerprint density at radius 1 is 1.64 bits per heavy atom. The predicted octanol–water partition coefficient (Wildman–Crippen LogP) is -0.428. The first-order chi connectivity index (χ1) is 6.60. The van der Waals surface area contributed by atoms with Crippen molar-refractivity contribution in [2.24, 2.45) is 10.8 Å². The summed E-state index contributed by atoms with van der Waals surface area (Å²) in [5.41, 5.74) is 2.48. The van der Waals surface area contributed by atoms with Crippen LogP contribution in [0, 0.1) is 0 Å². The highest BCUT2D eigenvalue weighted by Gasteiger charge is 2.04. The Labute approximate surface area is 88.0 Å². The van der Waals surface area contributed by atoms with Crippen LogP contribution in [0.15, 0.2) is 4.99 Å². The minimum Gasteiger partial charge on any atom is -0.353 e. The number of hydrogen-bond acceptors (Lipinski definition) is 3. The van der Waals surface area contributed by atoms with E-state index in [0.717, 1.165) is 6.42 Å². The Bertz CT molecular complexity index is 208. The molecule has 0 saturated carbocycles. The Hall–Kier alpha value is -0.620. The standard InChI is InChI=1S/C8H20N4OS/c1-4-10-8(12-9)11-7(2)5-6-14(3)13/h7H,4-6,9H2,1-3H3,(H2,10,11,12). The summed E-state index contributed by atoms with van der Waals surface area (Å²) in [4.78, 5) is 4.10. The summed E-state index contributed by atoms with van der Waals surface area (Å²) in [6.07, 6.45) is 2.54. The molecule has 0 aromatic carbocycles. The first-order valence-electron chi connectivity index (χ1n) is 4.67. The smallest absolute Gasteiger partial charge is 0.205 e. The molecule has 0 rings (SSSR count). The molecular formula is C8H20N4OS. The minimum atomic E-state index is -0.738. The van der Waals surface area contributed by atoms with Gasteiger partial charge in [0.1, 0.15) is 0 Å². The van der Waals surface area contributed by atoms with Gasteiger partial charge in [0.05, 0.1) is 0 Å². The molecule has 0 radical (unpaired) electrons. The molecule has 0 amide bonds. The van der Waals surface area contributed by atoms with E-state index < -0.39 is 10.8 Å².